The minimum absolute atomic E-state index is 0.188. The van der Waals surface area contributed by atoms with Crippen molar-refractivity contribution in [3.63, 3.8) is 0 Å². The van der Waals surface area contributed by atoms with Crippen molar-refractivity contribution in [2.75, 3.05) is 0 Å². The molecule has 2 fully saturated rings. The van der Waals surface area contributed by atoms with Crippen LogP contribution in [0.25, 0.3) is 0 Å². The minimum Gasteiger partial charge on any atom is -0.480 e. The van der Waals surface area contributed by atoms with Gasteiger partial charge < -0.3 is 15.7 Å². The summed E-state index contributed by atoms with van der Waals surface area (Å²) in [6, 6.07) is -1.35. The van der Waals surface area contributed by atoms with Gasteiger partial charge in [-0.15, -0.1) is 18.3 Å². The van der Waals surface area contributed by atoms with E-state index in [0.29, 0.717) is 0 Å². The molecule has 0 radical (unpaired) electrons. The van der Waals surface area contributed by atoms with Gasteiger partial charge in [-0.3, -0.25) is 4.79 Å². The average molecular weight is 214 g/mol. The Kier molecular flexibility index (Phi) is 2.04. The Bertz CT molecular complexity index is 320. The van der Waals surface area contributed by atoms with Crippen molar-refractivity contribution in [1.82, 2.24) is 4.90 Å². The topological polar surface area (TPSA) is 83.6 Å². The van der Waals surface area contributed by atoms with Crippen LogP contribution in [0, 0.1) is 0 Å². The SMILES string of the molecule is C=C[C@H]1S[C@H]2[C@H](N)C(=O)N2C1C(=O)O. The highest BCUT2D eigenvalue weighted by atomic mass is 32.2. The standard InChI is InChI=1S/C8H10N2O3S/c1-2-3-5(8(12)13)10-6(11)4(9)7(10)14-3/h2-5,7H,1,9H2,(H,12,13)/t3-,4-,5?,7+/m1/s1. The molecule has 2 rings (SSSR count). The molecule has 0 spiro atoms. The summed E-state index contributed by atoms with van der Waals surface area (Å²) in [6.45, 7) is 3.56. The number of β-lactam (4-membered cyclic amide) rings is 1. The lowest BCUT2D eigenvalue weighted by Crippen LogP contribution is -2.68. The van der Waals surface area contributed by atoms with Gasteiger partial charge in [-0.05, 0) is 0 Å². The van der Waals surface area contributed by atoms with Crippen LogP contribution in [0.3, 0.4) is 0 Å². The lowest BCUT2D eigenvalue weighted by molar-refractivity contribution is -0.157. The normalized spacial score (nSPS) is 40.4. The number of nitrogens with two attached hydrogens (primary N) is 1. The monoisotopic (exact) mass is 214 g/mol. The highest BCUT2D eigenvalue weighted by Crippen LogP contribution is 2.43. The van der Waals surface area contributed by atoms with Gasteiger partial charge in [0, 0.05) is 0 Å². The highest BCUT2D eigenvalue weighted by molar-refractivity contribution is 8.01. The number of aliphatic carboxylic acids is 1. The smallest absolute Gasteiger partial charge is 0.327 e. The molecule has 14 heavy (non-hydrogen) atoms. The maximum atomic E-state index is 11.3. The Labute approximate surface area is 84.9 Å². The summed E-state index contributed by atoms with van der Waals surface area (Å²) >= 11 is 1.39. The molecule has 2 aliphatic rings. The second kappa shape index (κ2) is 2.99. The Balaban J connectivity index is 2.26. The van der Waals surface area contributed by atoms with Gasteiger partial charge in [0.15, 0.2) is 0 Å². The molecule has 0 saturated carbocycles. The first-order chi connectivity index (χ1) is 6.57. The first-order valence-corrected chi connectivity index (χ1v) is 5.11. The maximum absolute atomic E-state index is 11.3. The van der Waals surface area contributed by atoms with Gasteiger partial charge in [0.05, 0.1) is 5.25 Å². The van der Waals surface area contributed by atoms with E-state index in [0.717, 1.165) is 0 Å². The molecule has 4 atom stereocenters. The Morgan fingerprint density at radius 3 is 2.86 bits per heavy atom. The molecule has 0 bridgehead atoms. The number of thioether (sulfide) groups is 1. The average Bonchev–Trinajstić information content (AvgIpc) is 2.52. The number of rotatable bonds is 2. The van der Waals surface area contributed by atoms with E-state index in [1.54, 1.807) is 6.08 Å². The van der Waals surface area contributed by atoms with Crippen LogP contribution in [0.15, 0.2) is 12.7 Å². The van der Waals surface area contributed by atoms with Crippen LogP contribution in [-0.4, -0.2) is 44.6 Å². The number of carbonyl (C=O) groups is 2. The first-order valence-electron chi connectivity index (χ1n) is 4.16. The lowest BCUT2D eigenvalue weighted by atomic mass is 10.0. The molecule has 0 aromatic carbocycles. The number of fused-ring (bicyclic) bond motifs is 1. The van der Waals surface area contributed by atoms with Gasteiger partial charge in [-0.25, -0.2) is 4.79 Å². The molecule has 76 valence electrons. The van der Waals surface area contributed by atoms with Gasteiger partial charge >= 0.3 is 5.97 Å². The maximum Gasteiger partial charge on any atom is 0.327 e. The fourth-order valence-corrected chi connectivity index (χ4v) is 3.27. The van der Waals surface area contributed by atoms with Gasteiger partial charge in [-0.1, -0.05) is 6.08 Å². The van der Waals surface area contributed by atoms with Crippen LogP contribution in [0.2, 0.25) is 0 Å². The molecule has 0 aromatic heterocycles. The summed E-state index contributed by atoms with van der Waals surface area (Å²) in [5.41, 5.74) is 5.55. The second-order valence-corrected chi connectivity index (χ2v) is 4.58. The molecule has 0 aromatic rings. The van der Waals surface area contributed by atoms with Crippen LogP contribution >= 0.6 is 11.8 Å². The third-order valence-electron chi connectivity index (χ3n) is 2.51. The van der Waals surface area contributed by atoms with E-state index in [1.165, 1.54) is 16.7 Å². The quantitative estimate of drug-likeness (QED) is 0.466. The molecule has 1 unspecified atom stereocenters. The Hall–Kier alpha value is -1.01. The molecule has 2 saturated heterocycles. The predicted molar refractivity (Wildman–Crippen MR) is 51.6 cm³/mol. The third-order valence-corrected chi connectivity index (χ3v) is 4.08. The summed E-state index contributed by atoms with van der Waals surface area (Å²) in [4.78, 5) is 23.6. The van der Waals surface area contributed by atoms with Crippen molar-refractivity contribution in [2.45, 2.75) is 22.7 Å². The summed E-state index contributed by atoms with van der Waals surface area (Å²) in [5.74, 6) is -1.27. The number of amides is 1. The fraction of sp³-hybridized carbons (Fsp3) is 0.500. The zero-order chi connectivity index (χ0) is 10.5. The molecular formula is C8H10N2O3S. The molecular weight excluding hydrogens is 204 g/mol. The van der Waals surface area contributed by atoms with E-state index in [1.807, 2.05) is 0 Å². The summed E-state index contributed by atoms with van der Waals surface area (Å²) in [6.07, 6.45) is 1.56. The molecule has 5 nitrogen and oxygen atoms in total. The largest absolute Gasteiger partial charge is 0.480 e. The van der Waals surface area contributed by atoms with Gasteiger partial charge in [0.1, 0.15) is 17.5 Å². The van der Waals surface area contributed by atoms with Crippen LogP contribution in [0.5, 0.6) is 0 Å². The van der Waals surface area contributed by atoms with E-state index in [9.17, 15) is 9.59 Å². The molecule has 1 amide bonds. The number of carbonyl (C=O) groups excluding carboxylic acids is 1. The van der Waals surface area contributed by atoms with E-state index >= 15 is 0 Å². The number of nitrogens with zero attached hydrogens (tertiary/aromatic N) is 1. The zero-order valence-electron chi connectivity index (χ0n) is 7.29. The van der Waals surface area contributed by atoms with Gasteiger partial charge in [-0.2, -0.15) is 0 Å². The van der Waals surface area contributed by atoms with Crippen molar-refractivity contribution in [1.29, 1.82) is 0 Å². The summed E-state index contributed by atoms with van der Waals surface area (Å²) in [7, 11) is 0. The zero-order valence-corrected chi connectivity index (χ0v) is 8.11. The van der Waals surface area contributed by atoms with Gasteiger partial charge in [0.25, 0.3) is 0 Å². The molecule has 0 aliphatic carbocycles. The minimum atomic E-state index is -0.995. The first kappa shape index (κ1) is 9.54. The Morgan fingerprint density at radius 2 is 2.36 bits per heavy atom. The number of carboxylic acids is 1. The number of carboxylic acid groups (broad SMARTS) is 1. The third kappa shape index (κ3) is 1.01. The number of hydrogen-bond acceptors (Lipinski definition) is 4. The summed E-state index contributed by atoms with van der Waals surface area (Å²) < 4.78 is 0. The van der Waals surface area contributed by atoms with Crippen LogP contribution < -0.4 is 5.73 Å². The second-order valence-electron chi connectivity index (χ2n) is 3.28. The van der Waals surface area contributed by atoms with Crippen molar-refractivity contribution >= 4 is 23.6 Å². The van der Waals surface area contributed by atoms with Gasteiger partial charge in [0.2, 0.25) is 5.91 Å². The van der Waals surface area contributed by atoms with Crippen LogP contribution in [0.4, 0.5) is 0 Å². The lowest BCUT2D eigenvalue weighted by Gasteiger charge is -2.41. The number of hydrogen-bond donors (Lipinski definition) is 2. The summed E-state index contributed by atoms with van der Waals surface area (Å²) in [5, 5.41) is 8.50. The van der Waals surface area contributed by atoms with Crippen molar-refractivity contribution < 1.29 is 14.7 Å². The van der Waals surface area contributed by atoms with E-state index in [2.05, 4.69) is 6.58 Å². The van der Waals surface area contributed by atoms with Crippen molar-refractivity contribution in [3.05, 3.63) is 12.7 Å². The molecule has 2 aliphatic heterocycles. The predicted octanol–water partition coefficient (Wildman–Crippen LogP) is -0.763. The molecule has 2 heterocycles. The van der Waals surface area contributed by atoms with Crippen LogP contribution in [-0.2, 0) is 9.59 Å². The Morgan fingerprint density at radius 1 is 1.71 bits per heavy atom. The molecule has 3 N–H and O–H groups in total. The van der Waals surface area contributed by atoms with E-state index in [-0.39, 0.29) is 16.5 Å². The van der Waals surface area contributed by atoms with Crippen LogP contribution in [0.1, 0.15) is 0 Å². The van der Waals surface area contributed by atoms with E-state index in [4.69, 9.17) is 10.8 Å². The molecule has 6 heteroatoms. The van der Waals surface area contributed by atoms with Crippen molar-refractivity contribution in [3.8, 4) is 0 Å². The highest BCUT2D eigenvalue weighted by Gasteiger charge is 2.58. The van der Waals surface area contributed by atoms with E-state index < -0.39 is 18.1 Å². The van der Waals surface area contributed by atoms with Crippen molar-refractivity contribution in [2.24, 2.45) is 5.73 Å². The fourth-order valence-electron chi connectivity index (χ4n) is 1.79.